The van der Waals surface area contributed by atoms with Crippen LogP contribution in [0.1, 0.15) is 23.1 Å². The normalized spacial score (nSPS) is 14.6. The average molecular weight is 271 g/mol. The SMILES string of the molecule is [2H]C([2H])([2H])C(=O)NCCC(=O)N[C@@H](Cc1cnc[nH]1)C(=O)O. The molecule has 1 rings (SSSR count). The molecule has 1 heterocycles. The third kappa shape index (κ3) is 5.66. The third-order valence-corrected chi connectivity index (χ3v) is 2.25. The van der Waals surface area contributed by atoms with Crippen LogP contribution in [-0.2, 0) is 20.8 Å². The molecule has 0 aliphatic carbocycles. The Morgan fingerprint density at radius 2 is 2.37 bits per heavy atom. The topological polar surface area (TPSA) is 124 Å². The summed E-state index contributed by atoms with van der Waals surface area (Å²) in [5.74, 6) is -2.99. The van der Waals surface area contributed by atoms with Crippen LogP contribution in [0.25, 0.3) is 0 Å². The first-order chi connectivity index (χ1) is 10.2. The summed E-state index contributed by atoms with van der Waals surface area (Å²) >= 11 is 0. The zero-order valence-electron chi connectivity index (χ0n) is 13.0. The Morgan fingerprint density at radius 3 is 2.95 bits per heavy atom. The molecule has 4 N–H and O–H groups in total. The van der Waals surface area contributed by atoms with Crippen LogP contribution in [0.4, 0.5) is 0 Å². The van der Waals surface area contributed by atoms with E-state index in [2.05, 4.69) is 20.6 Å². The standard InChI is InChI=1S/C11H16N4O4/c1-7(16)13-3-2-10(17)15-9(11(18)19)4-8-5-12-6-14-8/h5-6,9H,2-4H2,1H3,(H,12,14)(H,13,16)(H,15,17)(H,18,19)/t9-/m0/s1/i1D3. The molecule has 0 saturated heterocycles. The summed E-state index contributed by atoms with van der Waals surface area (Å²) in [4.78, 5) is 40.3. The fourth-order valence-corrected chi connectivity index (χ4v) is 1.37. The van der Waals surface area contributed by atoms with Gasteiger partial charge in [0, 0.05) is 42.2 Å². The van der Waals surface area contributed by atoms with Crippen LogP contribution in [0.2, 0.25) is 0 Å². The number of hydrogen-bond donors (Lipinski definition) is 4. The average Bonchev–Trinajstić information content (AvgIpc) is 2.89. The number of imidazole rings is 1. The minimum absolute atomic E-state index is 0.0305. The number of nitrogens with zero attached hydrogens (tertiary/aromatic N) is 1. The number of carbonyl (C=O) groups is 3. The van der Waals surface area contributed by atoms with Gasteiger partial charge in [-0.25, -0.2) is 9.78 Å². The summed E-state index contributed by atoms with van der Waals surface area (Å²) in [5, 5.41) is 13.4. The molecular formula is C11H16N4O4. The summed E-state index contributed by atoms with van der Waals surface area (Å²) < 4.78 is 20.5. The van der Waals surface area contributed by atoms with Crippen molar-refractivity contribution in [1.29, 1.82) is 0 Å². The van der Waals surface area contributed by atoms with E-state index >= 15 is 0 Å². The van der Waals surface area contributed by atoms with Crippen LogP contribution in [-0.4, -0.2) is 45.4 Å². The second-order valence-electron chi connectivity index (χ2n) is 3.75. The molecule has 1 aromatic heterocycles. The molecule has 0 aromatic carbocycles. The monoisotopic (exact) mass is 271 g/mol. The van der Waals surface area contributed by atoms with Crippen LogP contribution in [0.15, 0.2) is 12.5 Å². The van der Waals surface area contributed by atoms with E-state index in [1.807, 2.05) is 0 Å². The van der Waals surface area contributed by atoms with Gasteiger partial charge in [0.15, 0.2) is 0 Å². The maximum absolute atomic E-state index is 11.6. The number of amides is 2. The van der Waals surface area contributed by atoms with Gasteiger partial charge in [0.25, 0.3) is 0 Å². The van der Waals surface area contributed by atoms with Crippen LogP contribution in [0, 0.1) is 0 Å². The van der Waals surface area contributed by atoms with Crippen molar-refractivity contribution in [3.05, 3.63) is 18.2 Å². The zero-order chi connectivity index (χ0) is 16.8. The Kier molecular flexibility index (Phi) is 3.96. The van der Waals surface area contributed by atoms with Crippen molar-refractivity contribution in [1.82, 2.24) is 20.6 Å². The van der Waals surface area contributed by atoms with Gasteiger partial charge < -0.3 is 20.7 Å². The van der Waals surface area contributed by atoms with Gasteiger partial charge in [-0.3, -0.25) is 9.59 Å². The van der Waals surface area contributed by atoms with Crippen LogP contribution >= 0.6 is 0 Å². The maximum atomic E-state index is 11.6. The summed E-state index contributed by atoms with van der Waals surface area (Å²) in [6, 6.07) is -1.15. The lowest BCUT2D eigenvalue weighted by Crippen LogP contribution is -2.43. The third-order valence-electron chi connectivity index (χ3n) is 2.25. The largest absolute Gasteiger partial charge is 0.480 e. The summed E-state index contributed by atoms with van der Waals surface area (Å²) in [5.41, 5.74) is 0.545. The molecule has 0 saturated carbocycles. The zero-order valence-corrected chi connectivity index (χ0v) is 9.97. The number of H-pyrrole nitrogens is 1. The lowest BCUT2D eigenvalue weighted by atomic mass is 10.1. The lowest BCUT2D eigenvalue weighted by molar-refractivity contribution is -0.141. The van der Waals surface area contributed by atoms with Gasteiger partial charge in [-0.2, -0.15) is 0 Å². The predicted octanol–water partition coefficient (Wildman–Crippen LogP) is -0.952. The first-order valence-electron chi connectivity index (χ1n) is 6.98. The van der Waals surface area contributed by atoms with Crippen LogP contribution < -0.4 is 10.6 Å². The molecule has 1 atom stereocenters. The molecule has 1 aromatic rings. The molecule has 8 nitrogen and oxygen atoms in total. The van der Waals surface area contributed by atoms with E-state index in [9.17, 15) is 14.4 Å². The van der Waals surface area contributed by atoms with Gasteiger partial charge >= 0.3 is 5.97 Å². The van der Waals surface area contributed by atoms with Crippen molar-refractivity contribution < 1.29 is 23.6 Å². The highest BCUT2D eigenvalue weighted by molar-refractivity contribution is 5.84. The van der Waals surface area contributed by atoms with Crippen molar-refractivity contribution in [2.45, 2.75) is 25.7 Å². The first-order valence-corrected chi connectivity index (χ1v) is 5.48. The van der Waals surface area contributed by atoms with E-state index in [-0.39, 0.29) is 19.4 Å². The molecule has 8 heteroatoms. The fourth-order valence-electron chi connectivity index (χ4n) is 1.37. The van der Waals surface area contributed by atoms with Gasteiger partial charge in [0.1, 0.15) is 6.04 Å². The van der Waals surface area contributed by atoms with Gasteiger partial charge in [-0.15, -0.1) is 0 Å². The number of nitrogens with one attached hydrogen (secondary N) is 3. The Morgan fingerprint density at radius 1 is 1.58 bits per heavy atom. The van der Waals surface area contributed by atoms with Crippen molar-refractivity contribution in [3.63, 3.8) is 0 Å². The van der Waals surface area contributed by atoms with E-state index in [0.717, 1.165) is 0 Å². The molecule has 0 aliphatic rings. The van der Waals surface area contributed by atoms with Gasteiger partial charge in [0.2, 0.25) is 11.8 Å². The number of carboxylic acid groups (broad SMARTS) is 1. The van der Waals surface area contributed by atoms with Crippen molar-refractivity contribution in [2.75, 3.05) is 6.54 Å². The Hall–Kier alpha value is -2.38. The number of carboxylic acids is 1. The molecule has 104 valence electrons. The molecule has 19 heavy (non-hydrogen) atoms. The summed E-state index contributed by atoms with van der Waals surface area (Å²) in [6.07, 6.45) is 2.64. The molecule has 0 spiro atoms. The van der Waals surface area contributed by atoms with Gasteiger partial charge in [-0.05, 0) is 0 Å². The number of carbonyl (C=O) groups excluding carboxylic acids is 2. The quantitative estimate of drug-likeness (QED) is 0.509. The smallest absolute Gasteiger partial charge is 0.326 e. The number of aromatic nitrogens is 2. The number of aromatic amines is 1. The maximum Gasteiger partial charge on any atom is 0.326 e. The molecule has 0 fully saturated rings. The summed E-state index contributed by atoms with van der Waals surface area (Å²) in [7, 11) is 0. The number of rotatable bonds is 7. The van der Waals surface area contributed by atoms with E-state index in [0.29, 0.717) is 5.69 Å². The van der Waals surface area contributed by atoms with E-state index in [4.69, 9.17) is 9.22 Å². The second kappa shape index (κ2) is 7.14. The van der Waals surface area contributed by atoms with Crippen molar-refractivity contribution in [2.24, 2.45) is 0 Å². The van der Waals surface area contributed by atoms with E-state index in [1.165, 1.54) is 12.5 Å². The Balaban J connectivity index is 2.41. The van der Waals surface area contributed by atoms with Gasteiger partial charge in [-0.1, -0.05) is 0 Å². The highest BCUT2D eigenvalue weighted by Gasteiger charge is 2.20. The van der Waals surface area contributed by atoms with E-state index in [1.54, 1.807) is 0 Å². The highest BCUT2D eigenvalue weighted by Crippen LogP contribution is 1.99. The molecule has 2 amide bonds. The minimum atomic E-state index is -2.78. The number of hydrogen-bond acceptors (Lipinski definition) is 4. The van der Waals surface area contributed by atoms with Crippen molar-refractivity contribution in [3.8, 4) is 0 Å². The number of aliphatic carboxylic acids is 1. The summed E-state index contributed by atoms with van der Waals surface area (Å²) in [6.45, 7) is -2.97. The molecular weight excluding hydrogens is 252 g/mol. The predicted molar refractivity (Wildman–Crippen MR) is 65.2 cm³/mol. The fraction of sp³-hybridized carbons (Fsp3) is 0.455. The second-order valence-corrected chi connectivity index (χ2v) is 3.75. The van der Waals surface area contributed by atoms with Gasteiger partial charge in [0.05, 0.1) is 6.33 Å². The Labute approximate surface area is 113 Å². The van der Waals surface area contributed by atoms with Crippen molar-refractivity contribution >= 4 is 17.8 Å². The van der Waals surface area contributed by atoms with Crippen LogP contribution in [0.3, 0.4) is 0 Å². The molecule has 0 bridgehead atoms. The van der Waals surface area contributed by atoms with Crippen LogP contribution in [0.5, 0.6) is 0 Å². The highest BCUT2D eigenvalue weighted by atomic mass is 16.4. The minimum Gasteiger partial charge on any atom is -0.480 e. The van der Waals surface area contributed by atoms with E-state index < -0.39 is 30.7 Å². The Bertz CT molecular complexity index is 530. The molecule has 0 unspecified atom stereocenters. The molecule has 0 aliphatic heterocycles. The lowest BCUT2D eigenvalue weighted by Gasteiger charge is -2.13. The molecule has 0 radical (unpaired) electrons. The first kappa shape index (κ1) is 10.5.